The predicted octanol–water partition coefficient (Wildman–Crippen LogP) is 1.33. The molecule has 84 valence electrons. The van der Waals surface area contributed by atoms with E-state index >= 15 is 0 Å². The van der Waals surface area contributed by atoms with Gasteiger partial charge in [0.15, 0.2) is 0 Å². The number of rotatable bonds is 5. The lowest BCUT2D eigenvalue weighted by Gasteiger charge is -2.29. The molecule has 2 N–H and O–H groups in total. The third-order valence-electron chi connectivity index (χ3n) is 2.43. The maximum Gasteiger partial charge on any atom is 0.105 e. The van der Waals surface area contributed by atoms with Crippen molar-refractivity contribution >= 4 is 0 Å². The number of hydrogen-bond donors (Lipinski definition) is 2. The van der Waals surface area contributed by atoms with Gasteiger partial charge in [-0.1, -0.05) is 30.3 Å². The zero-order chi connectivity index (χ0) is 11.3. The predicted molar refractivity (Wildman–Crippen MR) is 58.4 cm³/mol. The minimum Gasteiger partial charge on any atom is -0.394 e. The van der Waals surface area contributed by atoms with E-state index in [-0.39, 0.29) is 6.61 Å². The van der Waals surface area contributed by atoms with Gasteiger partial charge in [0.05, 0.1) is 18.8 Å². The molecule has 0 saturated carbocycles. The number of ether oxygens (including phenoxy) is 1. The summed E-state index contributed by atoms with van der Waals surface area (Å²) in [5, 5.41) is 18.3. The molecule has 1 aromatic rings. The molecule has 0 amide bonds. The van der Waals surface area contributed by atoms with Gasteiger partial charge in [0.1, 0.15) is 6.10 Å². The van der Waals surface area contributed by atoms with Gasteiger partial charge >= 0.3 is 0 Å². The Hall–Kier alpha value is -0.900. The summed E-state index contributed by atoms with van der Waals surface area (Å²) in [7, 11) is 0. The lowest BCUT2D eigenvalue weighted by atomic mass is 10.0. The fraction of sp³-hybridized carbons (Fsp3) is 0.500. The van der Waals surface area contributed by atoms with Crippen molar-refractivity contribution < 1.29 is 14.9 Å². The molecule has 0 saturated heterocycles. The molecule has 1 rings (SSSR count). The van der Waals surface area contributed by atoms with Crippen LogP contribution in [-0.4, -0.2) is 28.5 Å². The molecule has 15 heavy (non-hydrogen) atoms. The summed E-state index contributed by atoms with van der Waals surface area (Å²) in [6.07, 6.45) is -0.860. The Morgan fingerprint density at radius 3 is 2.40 bits per heavy atom. The highest BCUT2D eigenvalue weighted by molar-refractivity contribution is 5.13. The Labute approximate surface area is 90.3 Å². The molecule has 0 aromatic heterocycles. The summed E-state index contributed by atoms with van der Waals surface area (Å²) in [5.74, 6) is 0. The Kier molecular flexibility index (Phi) is 4.27. The van der Waals surface area contributed by atoms with E-state index in [1.54, 1.807) is 13.8 Å². The maximum absolute atomic E-state index is 9.49. The molecule has 3 heteroatoms. The minimum absolute atomic E-state index is 0.290. The van der Waals surface area contributed by atoms with Crippen LogP contribution in [0.25, 0.3) is 0 Å². The first-order valence-corrected chi connectivity index (χ1v) is 5.03. The molecule has 0 aliphatic carbocycles. The van der Waals surface area contributed by atoms with Crippen molar-refractivity contribution in [3.63, 3.8) is 0 Å². The SMILES string of the molecule is CC(C)(OCc1ccccc1)C(O)CO. The number of aliphatic hydroxyl groups excluding tert-OH is 2. The van der Waals surface area contributed by atoms with Crippen LogP contribution in [0.5, 0.6) is 0 Å². The summed E-state index contributed by atoms with van der Waals surface area (Å²) in [6.45, 7) is 3.67. The van der Waals surface area contributed by atoms with Crippen molar-refractivity contribution in [3.05, 3.63) is 35.9 Å². The van der Waals surface area contributed by atoms with Gasteiger partial charge in [0.25, 0.3) is 0 Å². The summed E-state index contributed by atoms with van der Waals surface area (Å²) < 4.78 is 5.56. The van der Waals surface area contributed by atoms with E-state index < -0.39 is 11.7 Å². The van der Waals surface area contributed by atoms with E-state index in [1.165, 1.54) is 0 Å². The first kappa shape index (κ1) is 12.2. The zero-order valence-electron chi connectivity index (χ0n) is 9.18. The third-order valence-corrected chi connectivity index (χ3v) is 2.43. The monoisotopic (exact) mass is 210 g/mol. The molecular formula is C12H18O3. The van der Waals surface area contributed by atoms with Gasteiger partial charge in [-0.15, -0.1) is 0 Å². The van der Waals surface area contributed by atoms with Gasteiger partial charge in [0.2, 0.25) is 0 Å². The number of aliphatic hydroxyl groups is 2. The molecular weight excluding hydrogens is 192 g/mol. The molecule has 1 aromatic carbocycles. The molecule has 3 nitrogen and oxygen atoms in total. The van der Waals surface area contributed by atoms with E-state index in [2.05, 4.69) is 0 Å². The molecule has 0 radical (unpaired) electrons. The largest absolute Gasteiger partial charge is 0.394 e. The second-order valence-corrected chi connectivity index (χ2v) is 4.08. The summed E-state index contributed by atoms with van der Waals surface area (Å²) in [5.41, 5.74) is 0.320. The van der Waals surface area contributed by atoms with Crippen LogP contribution in [0.4, 0.5) is 0 Å². The Morgan fingerprint density at radius 2 is 1.87 bits per heavy atom. The lowest BCUT2D eigenvalue weighted by molar-refractivity contribution is -0.122. The van der Waals surface area contributed by atoms with E-state index in [9.17, 15) is 5.11 Å². The molecule has 0 fully saturated rings. The van der Waals surface area contributed by atoms with Crippen LogP contribution in [0.1, 0.15) is 19.4 Å². The molecule has 1 atom stereocenters. The summed E-state index contributed by atoms with van der Waals surface area (Å²) in [4.78, 5) is 0. The Bertz CT molecular complexity index is 282. The smallest absolute Gasteiger partial charge is 0.105 e. The van der Waals surface area contributed by atoms with E-state index in [1.807, 2.05) is 30.3 Å². The highest BCUT2D eigenvalue weighted by atomic mass is 16.5. The second kappa shape index (κ2) is 5.26. The fourth-order valence-electron chi connectivity index (χ4n) is 1.16. The van der Waals surface area contributed by atoms with Crippen LogP contribution in [0.3, 0.4) is 0 Å². The van der Waals surface area contributed by atoms with Gasteiger partial charge in [-0.25, -0.2) is 0 Å². The minimum atomic E-state index is -0.860. The van der Waals surface area contributed by atoms with Crippen molar-refractivity contribution in [3.8, 4) is 0 Å². The first-order valence-electron chi connectivity index (χ1n) is 5.03. The van der Waals surface area contributed by atoms with Crippen LogP contribution < -0.4 is 0 Å². The summed E-state index contributed by atoms with van der Waals surface area (Å²) in [6, 6.07) is 9.74. The molecule has 0 aliphatic heterocycles. The average Bonchev–Trinajstić information content (AvgIpc) is 2.27. The van der Waals surface area contributed by atoms with E-state index in [0.717, 1.165) is 5.56 Å². The van der Waals surface area contributed by atoms with Crippen LogP contribution in [-0.2, 0) is 11.3 Å². The maximum atomic E-state index is 9.49. The number of benzene rings is 1. The van der Waals surface area contributed by atoms with Gasteiger partial charge in [-0.2, -0.15) is 0 Å². The highest BCUT2D eigenvalue weighted by Crippen LogP contribution is 2.17. The van der Waals surface area contributed by atoms with Crippen LogP contribution in [0, 0.1) is 0 Å². The fourth-order valence-corrected chi connectivity index (χ4v) is 1.16. The van der Waals surface area contributed by atoms with Gasteiger partial charge in [-0.3, -0.25) is 0 Å². The van der Waals surface area contributed by atoms with E-state index in [0.29, 0.717) is 6.61 Å². The molecule has 1 unspecified atom stereocenters. The molecule has 0 spiro atoms. The van der Waals surface area contributed by atoms with Crippen molar-refractivity contribution in [2.24, 2.45) is 0 Å². The number of hydrogen-bond acceptors (Lipinski definition) is 3. The van der Waals surface area contributed by atoms with Crippen molar-refractivity contribution in [2.45, 2.75) is 32.2 Å². The normalized spacial score (nSPS) is 13.9. The van der Waals surface area contributed by atoms with Crippen molar-refractivity contribution in [2.75, 3.05) is 6.61 Å². The second-order valence-electron chi connectivity index (χ2n) is 4.08. The topological polar surface area (TPSA) is 49.7 Å². The first-order chi connectivity index (χ1) is 7.06. The molecule has 0 heterocycles. The van der Waals surface area contributed by atoms with Crippen molar-refractivity contribution in [1.82, 2.24) is 0 Å². The molecule has 0 bridgehead atoms. The van der Waals surface area contributed by atoms with Crippen LogP contribution in [0.2, 0.25) is 0 Å². The van der Waals surface area contributed by atoms with Gasteiger partial charge in [-0.05, 0) is 19.4 Å². The Balaban J connectivity index is 2.49. The van der Waals surface area contributed by atoms with Gasteiger partial charge < -0.3 is 14.9 Å². The van der Waals surface area contributed by atoms with Crippen LogP contribution >= 0.6 is 0 Å². The highest BCUT2D eigenvalue weighted by Gasteiger charge is 2.27. The van der Waals surface area contributed by atoms with Gasteiger partial charge in [0, 0.05) is 0 Å². The summed E-state index contributed by atoms with van der Waals surface area (Å²) >= 11 is 0. The molecule has 0 aliphatic rings. The van der Waals surface area contributed by atoms with E-state index in [4.69, 9.17) is 9.84 Å². The van der Waals surface area contributed by atoms with Crippen molar-refractivity contribution in [1.29, 1.82) is 0 Å². The van der Waals surface area contributed by atoms with Crippen LogP contribution in [0.15, 0.2) is 30.3 Å². The standard InChI is InChI=1S/C12H18O3/c1-12(2,11(14)8-13)15-9-10-6-4-3-5-7-10/h3-7,11,13-14H,8-9H2,1-2H3. The zero-order valence-corrected chi connectivity index (χ0v) is 9.18. The lowest BCUT2D eigenvalue weighted by Crippen LogP contribution is -2.41. The average molecular weight is 210 g/mol. The third kappa shape index (κ3) is 3.63. The quantitative estimate of drug-likeness (QED) is 0.771. The Morgan fingerprint density at radius 1 is 1.27 bits per heavy atom.